The maximum Gasteiger partial charge on any atom is 0.264 e. The van der Waals surface area contributed by atoms with Gasteiger partial charge in [0.2, 0.25) is 5.91 Å². The number of aryl methyl sites for hydroxylation is 1. The highest BCUT2D eigenvalue weighted by molar-refractivity contribution is 7.13. The third-order valence-corrected chi connectivity index (χ3v) is 5.52. The molecule has 2 heterocycles. The predicted octanol–water partition coefficient (Wildman–Crippen LogP) is 3.99. The van der Waals surface area contributed by atoms with Crippen LogP contribution < -0.4 is 15.6 Å². The van der Waals surface area contributed by atoms with Gasteiger partial charge in [-0.15, -0.1) is 11.3 Å². The second kappa shape index (κ2) is 8.93. The molecule has 31 heavy (non-hydrogen) atoms. The molecule has 0 saturated carbocycles. The molecular weight excluding hydrogens is 412 g/mol. The number of anilines is 1. The molecule has 1 N–H and O–H groups in total. The van der Waals surface area contributed by atoms with Crippen LogP contribution in [-0.2, 0) is 11.3 Å². The van der Waals surface area contributed by atoms with Crippen LogP contribution in [0.25, 0.3) is 21.8 Å². The Bertz CT molecular complexity index is 1280. The van der Waals surface area contributed by atoms with Gasteiger partial charge in [0.05, 0.1) is 30.4 Å². The van der Waals surface area contributed by atoms with Crippen molar-refractivity contribution in [2.75, 3.05) is 12.4 Å². The van der Waals surface area contributed by atoms with Crippen LogP contribution in [0.3, 0.4) is 0 Å². The molecule has 0 radical (unpaired) electrons. The number of nitrogens with one attached hydrogen (secondary N) is 1. The molecule has 1 amide bonds. The number of carbonyl (C=O) groups excluding carboxylic acids is 1. The molecule has 156 valence electrons. The van der Waals surface area contributed by atoms with E-state index in [-0.39, 0.29) is 18.0 Å². The SMILES string of the molecule is COc1ccc(C)cc1NC(=O)Cn1cncc(-c2nc(-c3ccccc3)cs2)c1=O. The van der Waals surface area contributed by atoms with Gasteiger partial charge in [-0.3, -0.25) is 14.2 Å². The third kappa shape index (κ3) is 4.54. The van der Waals surface area contributed by atoms with Gasteiger partial charge in [0.1, 0.15) is 17.3 Å². The summed E-state index contributed by atoms with van der Waals surface area (Å²) in [7, 11) is 1.54. The molecule has 7 nitrogen and oxygen atoms in total. The summed E-state index contributed by atoms with van der Waals surface area (Å²) in [5.74, 6) is 0.198. The van der Waals surface area contributed by atoms with E-state index in [0.29, 0.717) is 22.0 Å². The molecule has 0 spiro atoms. The van der Waals surface area contributed by atoms with Crippen LogP contribution in [0.5, 0.6) is 5.75 Å². The molecule has 4 aromatic rings. The smallest absolute Gasteiger partial charge is 0.264 e. The summed E-state index contributed by atoms with van der Waals surface area (Å²) in [6.45, 7) is 1.75. The zero-order valence-electron chi connectivity index (χ0n) is 17.0. The molecule has 0 aliphatic carbocycles. The minimum absolute atomic E-state index is 0.173. The van der Waals surface area contributed by atoms with Gasteiger partial charge in [-0.05, 0) is 24.6 Å². The molecule has 0 atom stereocenters. The van der Waals surface area contributed by atoms with Gasteiger partial charge in [-0.2, -0.15) is 0 Å². The van der Waals surface area contributed by atoms with Crippen molar-refractivity contribution in [3.8, 4) is 27.6 Å². The van der Waals surface area contributed by atoms with Crippen LogP contribution in [0.15, 0.2) is 71.2 Å². The molecule has 0 fully saturated rings. The first-order valence-corrected chi connectivity index (χ1v) is 10.4. The Morgan fingerprint density at radius 1 is 1.19 bits per heavy atom. The number of carbonyl (C=O) groups is 1. The highest BCUT2D eigenvalue weighted by atomic mass is 32.1. The third-order valence-electron chi connectivity index (χ3n) is 4.65. The van der Waals surface area contributed by atoms with Crippen molar-refractivity contribution >= 4 is 22.9 Å². The summed E-state index contributed by atoms with van der Waals surface area (Å²) in [6, 6.07) is 15.2. The molecular formula is C23H20N4O3S. The van der Waals surface area contributed by atoms with Crippen LogP contribution in [0.4, 0.5) is 5.69 Å². The standard InChI is InChI=1S/C23H20N4O3S/c1-15-8-9-20(30-2)18(10-15)25-21(28)12-27-14-24-11-17(23(27)29)22-26-19(13-31-22)16-6-4-3-5-7-16/h3-11,13-14H,12H2,1-2H3,(H,25,28). The van der Waals surface area contributed by atoms with Crippen LogP contribution in [-0.4, -0.2) is 27.6 Å². The molecule has 2 aromatic heterocycles. The number of rotatable bonds is 6. The second-order valence-corrected chi connectivity index (χ2v) is 7.75. The molecule has 8 heteroatoms. The maximum atomic E-state index is 13.0. The molecule has 0 aliphatic rings. The highest BCUT2D eigenvalue weighted by Crippen LogP contribution is 2.27. The van der Waals surface area contributed by atoms with E-state index in [1.165, 1.54) is 35.5 Å². The summed E-state index contributed by atoms with van der Waals surface area (Å²) in [5, 5.41) is 5.26. The summed E-state index contributed by atoms with van der Waals surface area (Å²) in [5.41, 5.74) is 3.33. The Morgan fingerprint density at radius 3 is 2.77 bits per heavy atom. The topological polar surface area (TPSA) is 86.1 Å². The van der Waals surface area contributed by atoms with Gasteiger partial charge in [-0.25, -0.2) is 9.97 Å². The van der Waals surface area contributed by atoms with Gasteiger partial charge in [0.25, 0.3) is 5.56 Å². The van der Waals surface area contributed by atoms with Crippen molar-refractivity contribution in [1.29, 1.82) is 0 Å². The Labute approximate surface area is 183 Å². The Kier molecular flexibility index (Phi) is 5.90. The number of ether oxygens (including phenoxy) is 1. The summed E-state index contributed by atoms with van der Waals surface area (Å²) < 4.78 is 6.56. The zero-order valence-corrected chi connectivity index (χ0v) is 17.8. The van der Waals surface area contributed by atoms with Crippen molar-refractivity contribution in [3.05, 3.63) is 82.4 Å². The number of hydrogen-bond acceptors (Lipinski definition) is 6. The highest BCUT2D eigenvalue weighted by Gasteiger charge is 2.15. The van der Waals surface area contributed by atoms with Crippen LogP contribution in [0, 0.1) is 6.92 Å². The van der Waals surface area contributed by atoms with Crippen molar-refractivity contribution < 1.29 is 9.53 Å². The largest absolute Gasteiger partial charge is 0.495 e. The van der Waals surface area contributed by atoms with Gasteiger partial charge >= 0.3 is 0 Å². The fraction of sp³-hybridized carbons (Fsp3) is 0.130. The lowest BCUT2D eigenvalue weighted by atomic mass is 10.2. The minimum Gasteiger partial charge on any atom is -0.495 e. The lowest BCUT2D eigenvalue weighted by Crippen LogP contribution is -2.28. The number of hydrogen-bond donors (Lipinski definition) is 1. The van der Waals surface area contributed by atoms with Gasteiger partial charge in [0.15, 0.2) is 0 Å². The molecule has 0 unspecified atom stereocenters. The zero-order chi connectivity index (χ0) is 21.8. The summed E-state index contributed by atoms with van der Waals surface area (Å²) in [4.78, 5) is 34.3. The number of amides is 1. The summed E-state index contributed by atoms with van der Waals surface area (Å²) >= 11 is 1.37. The first-order valence-electron chi connectivity index (χ1n) is 9.55. The minimum atomic E-state index is -0.353. The number of nitrogens with zero attached hydrogens (tertiary/aromatic N) is 3. The second-order valence-electron chi connectivity index (χ2n) is 6.90. The van der Waals surface area contributed by atoms with Crippen LogP contribution >= 0.6 is 11.3 Å². The molecule has 2 aromatic carbocycles. The lowest BCUT2D eigenvalue weighted by Gasteiger charge is -2.12. The fourth-order valence-corrected chi connectivity index (χ4v) is 3.94. The predicted molar refractivity (Wildman–Crippen MR) is 121 cm³/mol. The van der Waals surface area contributed by atoms with Crippen molar-refractivity contribution in [3.63, 3.8) is 0 Å². The maximum absolute atomic E-state index is 13.0. The fourth-order valence-electron chi connectivity index (χ4n) is 3.11. The van der Waals surface area contributed by atoms with E-state index in [1.807, 2.05) is 54.8 Å². The number of thiazole rings is 1. The summed E-state index contributed by atoms with van der Waals surface area (Å²) in [6.07, 6.45) is 2.83. The average Bonchev–Trinajstić information content (AvgIpc) is 3.26. The van der Waals surface area contributed by atoms with Crippen molar-refractivity contribution in [2.24, 2.45) is 0 Å². The van der Waals surface area contributed by atoms with E-state index < -0.39 is 0 Å². The van der Waals surface area contributed by atoms with E-state index in [2.05, 4.69) is 15.3 Å². The molecule has 0 bridgehead atoms. The van der Waals surface area contributed by atoms with E-state index in [9.17, 15) is 9.59 Å². The Hall–Kier alpha value is -3.78. The number of benzene rings is 2. The average molecular weight is 433 g/mol. The van der Waals surface area contributed by atoms with Gasteiger partial charge in [-0.1, -0.05) is 36.4 Å². The number of methoxy groups -OCH3 is 1. The van der Waals surface area contributed by atoms with Crippen molar-refractivity contribution in [2.45, 2.75) is 13.5 Å². The Balaban J connectivity index is 1.56. The van der Waals surface area contributed by atoms with E-state index >= 15 is 0 Å². The number of aromatic nitrogens is 3. The van der Waals surface area contributed by atoms with Crippen LogP contribution in [0.2, 0.25) is 0 Å². The van der Waals surface area contributed by atoms with Gasteiger partial charge < -0.3 is 10.1 Å². The van der Waals surface area contributed by atoms with E-state index in [0.717, 1.165) is 16.8 Å². The monoisotopic (exact) mass is 432 g/mol. The van der Waals surface area contributed by atoms with E-state index in [4.69, 9.17) is 4.74 Å². The molecule has 4 rings (SSSR count). The first-order chi connectivity index (χ1) is 15.0. The molecule has 0 saturated heterocycles. The van der Waals surface area contributed by atoms with Gasteiger partial charge in [0, 0.05) is 17.1 Å². The Morgan fingerprint density at radius 2 is 2.00 bits per heavy atom. The quantitative estimate of drug-likeness (QED) is 0.498. The molecule has 0 aliphatic heterocycles. The van der Waals surface area contributed by atoms with Crippen molar-refractivity contribution in [1.82, 2.24) is 14.5 Å². The lowest BCUT2D eigenvalue weighted by molar-refractivity contribution is -0.116. The van der Waals surface area contributed by atoms with E-state index in [1.54, 1.807) is 6.07 Å². The normalized spacial score (nSPS) is 10.6. The van der Waals surface area contributed by atoms with Crippen LogP contribution in [0.1, 0.15) is 5.56 Å². The first kappa shape index (κ1) is 20.5.